The number of oxazole rings is 1. The second-order valence-electron chi connectivity index (χ2n) is 7.15. The van der Waals surface area contributed by atoms with Crippen molar-refractivity contribution in [1.29, 1.82) is 0 Å². The molecule has 1 aromatic heterocycles. The zero-order valence-electron chi connectivity index (χ0n) is 16.0. The Morgan fingerprint density at radius 3 is 2.79 bits per heavy atom. The molecule has 28 heavy (non-hydrogen) atoms. The second-order valence-corrected chi connectivity index (χ2v) is 7.15. The maximum atomic E-state index is 13.4. The summed E-state index contributed by atoms with van der Waals surface area (Å²) in [6.45, 7) is 3.37. The van der Waals surface area contributed by atoms with Gasteiger partial charge in [0.25, 0.3) is 0 Å². The number of aryl methyl sites for hydroxylation is 1. The average molecular weight is 382 g/mol. The van der Waals surface area contributed by atoms with Gasteiger partial charge in [-0.1, -0.05) is 6.07 Å². The van der Waals surface area contributed by atoms with E-state index in [-0.39, 0.29) is 17.9 Å². The highest BCUT2D eigenvalue weighted by atomic mass is 19.1. The Bertz CT molecular complexity index is 995. The van der Waals surface area contributed by atoms with Gasteiger partial charge in [0, 0.05) is 50.5 Å². The van der Waals surface area contributed by atoms with E-state index in [4.69, 9.17) is 4.42 Å². The van der Waals surface area contributed by atoms with Gasteiger partial charge in [0.05, 0.1) is 0 Å². The Kier molecular flexibility index (Phi) is 4.90. The summed E-state index contributed by atoms with van der Waals surface area (Å²) in [7, 11) is 1.81. The Labute approximate surface area is 162 Å². The van der Waals surface area contributed by atoms with E-state index in [0.717, 1.165) is 37.1 Å². The fourth-order valence-electron chi connectivity index (χ4n) is 3.68. The number of hydrogen-bond donors (Lipinski definition) is 1. The van der Waals surface area contributed by atoms with Gasteiger partial charge in [-0.25, -0.2) is 14.2 Å². The van der Waals surface area contributed by atoms with Crippen LogP contribution in [0.5, 0.6) is 0 Å². The molecule has 0 unspecified atom stereocenters. The number of hydrogen-bond acceptors (Lipinski definition) is 4. The lowest BCUT2D eigenvalue weighted by atomic mass is 10.0. The number of fused-ring (bicyclic) bond motifs is 1. The molecule has 0 spiro atoms. The second kappa shape index (κ2) is 7.50. The molecule has 6 nitrogen and oxygen atoms in total. The minimum absolute atomic E-state index is 0.140. The SMILES string of the molecule is Cc1nc2ccc(NC(=O)N(C)C3CCN(c4cccc(F)c4)CC3)cc2o1. The van der Waals surface area contributed by atoms with Crippen LogP contribution in [0.1, 0.15) is 18.7 Å². The predicted molar refractivity (Wildman–Crippen MR) is 107 cm³/mol. The smallest absolute Gasteiger partial charge is 0.321 e. The number of benzene rings is 2. The summed E-state index contributed by atoms with van der Waals surface area (Å²) >= 11 is 0. The van der Waals surface area contributed by atoms with Crippen LogP contribution in [0.15, 0.2) is 46.9 Å². The fraction of sp³-hybridized carbons (Fsp3) is 0.333. The van der Waals surface area contributed by atoms with Crippen molar-refractivity contribution in [3.8, 4) is 0 Å². The van der Waals surface area contributed by atoms with E-state index in [0.29, 0.717) is 17.2 Å². The number of nitrogens with one attached hydrogen (secondary N) is 1. The Morgan fingerprint density at radius 1 is 1.25 bits per heavy atom. The number of anilines is 2. The van der Waals surface area contributed by atoms with Crippen LogP contribution in [0.2, 0.25) is 0 Å². The van der Waals surface area contributed by atoms with Crippen LogP contribution >= 0.6 is 0 Å². The molecule has 4 rings (SSSR count). The Hall–Kier alpha value is -3.09. The third-order valence-electron chi connectivity index (χ3n) is 5.25. The molecule has 1 saturated heterocycles. The molecule has 2 amide bonds. The summed E-state index contributed by atoms with van der Waals surface area (Å²) in [5.74, 6) is 0.371. The number of amides is 2. The molecule has 0 aliphatic carbocycles. The first kappa shape index (κ1) is 18.3. The average Bonchev–Trinajstić information content (AvgIpc) is 3.07. The highest BCUT2D eigenvalue weighted by molar-refractivity contribution is 5.91. The van der Waals surface area contributed by atoms with Crippen molar-refractivity contribution < 1.29 is 13.6 Å². The first-order chi connectivity index (χ1) is 13.5. The summed E-state index contributed by atoms with van der Waals surface area (Å²) in [6.07, 6.45) is 1.67. The molecule has 1 aliphatic rings. The molecule has 3 aromatic rings. The topological polar surface area (TPSA) is 61.6 Å². The van der Waals surface area contributed by atoms with Crippen LogP contribution < -0.4 is 10.2 Å². The number of rotatable bonds is 3. The highest BCUT2D eigenvalue weighted by Gasteiger charge is 2.25. The molecule has 0 bridgehead atoms. The summed E-state index contributed by atoms with van der Waals surface area (Å²) in [5, 5.41) is 2.93. The first-order valence-electron chi connectivity index (χ1n) is 9.41. The molecular formula is C21H23FN4O2. The summed E-state index contributed by atoms with van der Waals surface area (Å²) in [5.41, 5.74) is 2.99. The van der Waals surface area contributed by atoms with Crippen molar-refractivity contribution in [2.75, 3.05) is 30.4 Å². The fourth-order valence-corrected chi connectivity index (χ4v) is 3.68. The molecule has 0 atom stereocenters. The van der Waals surface area contributed by atoms with E-state index >= 15 is 0 Å². The van der Waals surface area contributed by atoms with Gasteiger partial charge in [0.15, 0.2) is 11.5 Å². The van der Waals surface area contributed by atoms with Crippen LogP contribution in [-0.2, 0) is 0 Å². The third kappa shape index (κ3) is 3.78. The van der Waals surface area contributed by atoms with Gasteiger partial charge < -0.3 is 19.5 Å². The number of piperidine rings is 1. The van der Waals surface area contributed by atoms with Crippen LogP contribution in [0.4, 0.5) is 20.6 Å². The number of aromatic nitrogens is 1. The van der Waals surface area contributed by atoms with E-state index in [1.54, 1.807) is 30.0 Å². The molecule has 7 heteroatoms. The minimum atomic E-state index is -0.227. The normalized spacial score (nSPS) is 15.0. The lowest BCUT2D eigenvalue weighted by molar-refractivity contribution is 0.193. The van der Waals surface area contributed by atoms with Gasteiger partial charge in [-0.05, 0) is 43.2 Å². The lowest BCUT2D eigenvalue weighted by Gasteiger charge is -2.37. The zero-order valence-corrected chi connectivity index (χ0v) is 16.0. The molecular weight excluding hydrogens is 359 g/mol. The van der Waals surface area contributed by atoms with Crippen molar-refractivity contribution in [3.05, 3.63) is 54.2 Å². The number of nitrogens with zero attached hydrogens (tertiary/aromatic N) is 3. The number of carbonyl (C=O) groups excluding carboxylic acids is 1. The van der Waals surface area contributed by atoms with Crippen molar-refractivity contribution >= 4 is 28.5 Å². The largest absolute Gasteiger partial charge is 0.441 e. The standard InChI is InChI=1S/C21H23FN4O2/c1-14-23-19-7-6-16(13-20(19)28-14)24-21(27)25(2)17-8-10-26(11-9-17)18-5-3-4-15(22)12-18/h3-7,12-13,17H,8-11H2,1-2H3,(H,24,27). The van der Waals surface area contributed by atoms with Crippen molar-refractivity contribution in [2.24, 2.45) is 0 Å². The molecule has 1 fully saturated rings. The van der Waals surface area contributed by atoms with Crippen LogP contribution in [0.25, 0.3) is 11.1 Å². The molecule has 0 radical (unpaired) electrons. The van der Waals surface area contributed by atoms with Crippen molar-refractivity contribution in [3.63, 3.8) is 0 Å². The lowest BCUT2D eigenvalue weighted by Crippen LogP contribution is -2.47. The monoisotopic (exact) mass is 382 g/mol. The van der Waals surface area contributed by atoms with Gasteiger partial charge in [-0.3, -0.25) is 0 Å². The third-order valence-corrected chi connectivity index (χ3v) is 5.25. The van der Waals surface area contributed by atoms with E-state index < -0.39 is 0 Å². The van der Waals surface area contributed by atoms with Crippen LogP contribution in [-0.4, -0.2) is 42.1 Å². The van der Waals surface area contributed by atoms with Gasteiger partial charge >= 0.3 is 6.03 Å². The molecule has 2 heterocycles. The van der Waals surface area contributed by atoms with E-state index in [1.807, 2.05) is 25.2 Å². The first-order valence-corrected chi connectivity index (χ1v) is 9.41. The molecule has 1 N–H and O–H groups in total. The molecule has 1 aliphatic heterocycles. The Morgan fingerprint density at radius 2 is 2.04 bits per heavy atom. The highest BCUT2D eigenvalue weighted by Crippen LogP contribution is 2.24. The maximum Gasteiger partial charge on any atom is 0.321 e. The quantitative estimate of drug-likeness (QED) is 0.729. The molecule has 2 aromatic carbocycles. The van der Waals surface area contributed by atoms with Crippen LogP contribution in [0, 0.1) is 12.7 Å². The molecule has 0 saturated carbocycles. The Balaban J connectivity index is 1.36. The number of urea groups is 1. The van der Waals surface area contributed by atoms with E-state index in [2.05, 4.69) is 15.2 Å². The van der Waals surface area contributed by atoms with Gasteiger partial charge in [-0.15, -0.1) is 0 Å². The molecule has 146 valence electrons. The van der Waals surface area contributed by atoms with Gasteiger partial charge in [-0.2, -0.15) is 0 Å². The van der Waals surface area contributed by atoms with Crippen LogP contribution in [0.3, 0.4) is 0 Å². The summed E-state index contributed by atoms with van der Waals surface area (Å²) in [6, 6.07) is 12.1. The van der Waals surface area contributed by atoms with Crippen molar-refractivity contribution in [2.45, 2.75) is 25.8 Å². The summed E-state index contributed by atoms with van der Waals surface area (Å²) < 4.78 is 19.0. The van der Waals surface area contributed by atoms with Gasteiger partial charge in [0.1, 0.15) is 11.3 Å². The zero-order chi connectivity index (χ0) is 19.7. The predicted octanol–water partition coefficient (Wildman–Crippen LogP) is 4.41. The number of carbonyl (C=O) groups is 1. The van der Waals surface area contributed by atoms with E-state index in [1.165, 1.54) is 6.07 Å². The summed E-state index contributed by atoms with van der Waals surface area (Å²) in [4.78, 5) is 20.8. The maximum absolute atomic E-state index is 13.4. The minimum Gasteiger partial charge on any atom is -0.441 e. The van der Waals surface area contributed by atoms with Gasteiger partial charge in [0.2, 0.25) is 0 Å². The van der Waals surface area contributed by atoms with Crippen molar-refractivity contribution in [1.82, 2.24) is 9.88 Å². The van der Waals surface area contributed by atoms with E-state index in [9.17, 15) is 9.18 Å². The number of halogens is 1.